The van der Waals surface area contributed by atoms with Crippen LogP contribution in [-0.4, -0.2) is 32.7 Å². The maximum Gasteiger partial charge on any atom is 0.258 e. The average molecular weight is 400 g/mol. The molecule has 3 aromatic rings. The van der Waals surface area contributed by atoms with Crippen LogP contribution in [0.2, 0.25) is 0 Å². The van der Waals surface area contributed by atoms with Crippen molar-refractivity contribution >= 4 is 34.0 Å². The first-order valence-electron chi connectivity index (χ1n) is 10.2. The van der Waals surface area contributed by atoms with Crippen LogP contribution in [-0.2, 0) is 20.1 Å². The predicted octanol–water partition coefficient (Wildman–Crippen LogP) is 3.91. The lowest BCUT2D eigenvalue weighted by atomic mass is 9.95. The van der Waals surface area contributed by atoms with Crippen molar-refractivity contribution in [3.05, 3.63) is 77.4 Å². The van der Waals surface area contributed by atoms with Crippen LogP contribution < -0.4 is 10.6 Å². The molecule has 1 saturated heterocycles. The maximum absolute atomic E-state index is 13.1. The molecule has 0 saturated carbocycles. The van der Waals surface area contributed by atoms with Gasteiger partial charge in [0.25, 0.3) is 5.91 Å². The Hall–Kier alpha value is -2.99. The van der Waals surface area contributed by atoms with Crippen molar-refractivity contribution in [2.24, 2.45) is 5.73 Å². The molecular weight excluding hydrogens is 376 g/mol. The highest BCUT2D eigenvalue weighted by Crippen LogP contribution is 2.42. The first kappa shape index (κ1) is 19.0. The summed E-state index contributed by atoms with van der Waals surface area (Å²) >= 11 is 0. The second kappa shape index (κ2) is 7.36. The number of carbonyl (C=O) groups excluding carboxylic acids is 1. The van der Waals surface area contributed by atoms with Crippen LogP contribution in [0.15, 0.2) is 60.7 Å². The van der Waals surface area contributed by atoms with Crippen LogP contribution in [0.1, 0.15) is 23.1 Å². The van der Waals surface area contributed by atoms with Crippen molar-refractivity contribution in [1.29, 1.82) is 0 Å². The summed E-state index contributed by atoms with van der Waals surface area (Å²) in [5.41, 5.74) is 10.2. The summed E-state index contributed by atoms with van der Waals surface area (Å²) in [5, 5.41) is 2.27. The number of hydrogen-bond donors (Lipinski definition) is 1. The lowest BCUT2D eigenvalue weighted by Gasteiger charge is -2.28. The largest absolute Gasteiger partial charge is 0.343 e. The van der Waals surface area contributed by atoms with Gasteiger partial charge in [0.2, 0.25) is 0 Å². The van der Waals surface area contributed by atoms with Crippen LogP contribution in [0.5, 0.6) is 0 Å². The molecule has 2 heterocycles. The Morgan fingerprint density at radius 2 is 1.83 bits per heavy atom. The van der Waals surface area contributed by atoms with E-state index in [1.807, 2.05) is 55.6 Å². The fourth-order valence-electron chi connectivity index (χ4n) is 4.46. The van der Waals surface area contributed by atoms with Crippen molar-refractivity contribution in [2.75, 3.05) is 31.7 Å². The molecule has 5 rings (SSSR count). The third-order valence-corrected chi connectivity index (χ3v) is 5.97. The Bertz CT molecular complexity index is 1160. The number of benzene rings is 3. The molecule has 30 heavy (non-hydrogen) atoms. The van der Waals surface area contributed by atoms with Crippen LogP contribution in [0.3, 0.4) is 0 Å². The Labute approximate surface area is 175 Å². The first-order chi connectivity index (χ1) is 14.6. The molecule has 1 fully saturated rings. The summed E-state index contributed by atoms with van der Waals surface area (Å²) in [4.78, 5) is 14.8. The van der Waals surface area contributed by atoms with E-state index < -0.39 is 5.79 Å². The van der Waals surface area contributed by atoms with E-state index in [0.717, 1.165) is 33.2 Å². The van der Waals surface area contributed by atoms with E-state index in [4.69, 9.17) is 15.2 Å². The molecule has 1 amide bonds. The zero-order valence-corrected chi connectivity index (χ0v) is 16.9. The SMILES string of the molecule is CN1C(=O)/C(=C\c2cccc3ccccc23)c2cc(C3(CCN)OCCO3)ccc21. The first-order valence-corrected chi connectivity index (χ1v) is 10.2. The fourth-order valence-corrected chi connectivity index (χ4v) is 4.46. The van der Waals surface area contributed by atoms with Gasteiger partial charge in [-0.1, -0.05) is 48.5 Å². The number of fused-ring (bicyclic) bond motifs is 2. The van der Waals surface area contributed by atoms with Crippen molar-refractivity contribution in [2.45, 2.75) is 12.2 Å². The minimum Gasteiger partial charge on any atom is -0.343 e. The van der Waals surface area contributed by atoms with Crippen molar-refractivity contribution in [3.8, 4) is 0 Å². The van der Waals surface area contributed by atoms with Gasteiger partial charge in [-0.15, -0.1) is 0 Å². The molecule has 0 bridgehead atoms. The monoisotopic (exact) mass is 400 g/mol. The Morgan fingerprint density at radius 1 is 1.07 bits per heavy atom. The number of anilines is 1. The highest BCUT2D eigenvalue weighted by molar-refractivity contribution is 6.36. The number of likely N-dealkylation sites (N-methyl/N-ethyl adjacent to an activating group) is 1. The summed E-state index contributed by atoms with van der Waals surface area (Å²) in [6.07, 6.45) is 2.56. The lowest BCUT2D eigenvalue weighted by molar-refractivity contribution is -0.168. The number of carbonyl (C=O) groups is 1. The van der Waals surface area contributed by atoms with Crippen LogP contribution >= 0.6 is 0 Å². The van der Waals surface area contributed by atoms with Gasteiger partial charge in [-0.2, -0.15) is 0 Å². The van der Waals surface area contributed by atoms with Gasteiger partial charge >= 0.3 is 0 Å². The predicted molar refractivity (Wildman–Crippen MR) is 119 cm³/mol. The molecule has 2 aliphatic rings. The second-order valence-corrected chi connectivity index (χ2v) is 7.71. The topological polar surface area (TPSA) is 64.8 Å². The smallest absolute Gasteiger partial charge is 0.258 e. The summed E-state index contributed by atoms with van der Waals surface area (Å²) in [6, 6.07) is 20.3. The van der Waals surface area contributed by atoms with Gasteiger partial charge in [-0.05, 0) is 41.1 Å². The molecule has 152 valence electrons. The molecule has 0 radical (unpaired) electrons. The van der Waals surface area contributed by atoms with Gasteiger partial charge < -0.3 is 20.1 Å². The zero-order chi connectivity index (χ0) is 20.7. The fraction of sp³-hybridized carbons (Fsp3) is 0.240. The minimum absolute atomic E-state index is 0.0174. The van der Waals surface area contributed by atoms with Gasteiger partial charge in [0.05, 0.1) is 18.9 Å². The third kappa shape index (κ3) is 2.94. The molecule has 2 aliphatic heterocycles. The molecule has 5 nitrogen and oxygen atoms in total. The molecule has 0 aliphatic carbocycles. The maximum atomic E-state index is 13.1. The number of ether oxygens (including phenoxy) is 2. The highest BCUT2D eigenvalue weighted by atomic mass is 16.7. The van der Waals surface area contributed by atoms with E-state index in [9.17, 15) is 4.79 Å². The third-order valence-electron chi connectivity index (χ3n) is 5.97. The molecule has 0 atom stereocenters. The van der Waals surface area contributed by atoms with E-state index in [1.165, 1.54) is 0 Å². The van der Waals surface area contributed by atoms with Crippen molar-refractivity contribution < 1.29 is 14.3 Å². The molecule has 3 aromatic carbocycles. The molecule has 0 unspecified atom stereocenters. The summed E-state index contributed by atoms with van der Waals surface area (Å²) < 4.78 is 11.9. The van der Waals surface area contributed by atoms with Gasteiger partial charge in [0.1, 0.15) is 0 Å². The van der Waals surface area contributed by atoms with Gasteiger partial charge in [-0.25, -0.2) is 0 Å². The van der Waals surface area contributed by atoms with Gasteiger partial charge in [0.15, 0.2) is 5.79 Å². The lowest BCUT2D eigenvalue weighted by Crippen LogP contribution is -2.30. The highest BCUT2D eigenvalue weighted by Gasteiger charge is 2.40. The zero-order valence-electron chi connectivity index (χ0n) is 16.9. The number of hydrogen-bond acceptors (Lipinski definition) is 4. The number of nitrogens with zero attached hydrogens (tertiary/aromatic N) is 1. The Balaban J connectivity index is 1.65. The van der Waals surface area contributed by atoms with Crippen LogP contribution in [0, 0.1) is 0 Å². The Kier molecular flexibility index (Phi) is 4.66. The van der Waals surface area contributed by atoms with Crippen molar-refractivity contribution in [1.82, 2.24) is 0 Å². The van der Waals surface area contributed by atoms with Crippen LogP contribution in [0.25, 0.3) is 22.4 Å². The average Bonchev–Trinajstić information content (AvgIpc) is 3.34. The summed E-state index contributed by atoms with van der Waals surface area (Å²) in [6.45, 7) is 1.53. The van der Waals surface area contributed by atoms with E-state index >= 15 is 0 Å². The van der Waals surface area contributed by atoms with Crippen molar-refractivity contribution in [3.63, 3.8) is 0 Å². The molecule has 2 N–H and O–H groups in total. The number of amides is 1. The number of rotatable bonds is 4. The number of nitrogens with two attached hydrogens (primary N) is 1. The normalized spacial score (nSPS) is 19.1. The molecule has 0 aromatic heterocycles. The van der Waals surface area contributed by atoms with E-state index in [2.05, 4.69) is 18.2 Å². The molecule has 5 heteroatoms. The molecular formula is C25H24N2O3. The second-order valence-electron chi connectivity index (χ2n) is 7.71. The van der Waals surface area contributed by atoms with Crippen LogP contribution in [0.4, 0.5) is 5.69 Å². The summed E-state index contributed by atoms with van der Waals surface area (Å²) in [7, 11) is 1.81. The van der Waals surface area contributed by atoms with Gasteiger partial charge in [0, 0.05) is 30.2 Å². The van der Waals surface area contributed by atoms with E-state index in [-0.39, 0.29) is 5.91 Å². The standard InChI is InChI=1S/C25H24N2O3/c1-27-23-10-9-19(25(11-12-26)29-13-14-30-25)16-21(23)22(24(27)28)15-18-7-4-6-17-5-2-3-8-20(17)18/h2-10,15-16H,11-14,26H2,1H3/b22-15-. The molecule has 0 spiro atoms. The van der Waals surface area contributed by atoms with E-state index in [1.54, 1.807) is 4.90 Å². The summed E-state index contributed by atoms with van der Waals surface area (Å²) in [5.74, 6) is -0.852. The minimum atomic E-state index is -0.835. The van der Waals surface area contributed by atoms with Gasteiger partial charge in [-0.3, -0.25) is 4.79 Å². The quantitative estimate of drug-likeness (QED) is 0.675. The van der Waals surface area contributed by atoms with E-state index in [0.29, 0.717) is 31.8 Å². The Morgan fingerprint density at radius 3 is 2.63 bits per heavy atom.